The van der Waals surface area contributed by atoms with E-state index in [1.165, 1.54) is 12.8 Å². The molecule has 1 aliphatic rings. The maximum absolute atomic E-state index is 11.9. The number of carbonyl (C=O) groups is 1. The highest BCUT2D eigenvalue weighted by atomic mass is 16.1. The summed E-state index contributed by atoms with van der Waals surface area (Å²) in [5.41, 5.74) is 1.95. The third kappa shape index (κ3) is 2.58. The van der Waals surface area contributed by atoms with E-state index in [1.807, 2.05) is 43.3 Å². The molecule has 80 valence electrons. The Balaban J connectivity index is 2.12. The molecule has 0 aromatic heterocycles. The molecule has 1 saturated carbocycles. The van der Waals surface area contributed by atoms with Crippen molar-refractivity contribution in [2.24, 2.45) is 5.92 Å². The van der Waals surface area contributed by atoms with E-state index in [1.54, 1.807) is 0 Å². The number of rotatable bonds is 4. The van der Waals surface area contributed by atoms with Crippen LogP contribution in [0, 0.1) is 5.92 Å². The summed E-state index contributed by atoms with van der Waals surface area (Å²) in [6.45, 7) is 0. The lowest BCUT2D eigenvalue weighted by molar-refractivity contribution is 0.0976. The SMILES string of the molecule is CN(C)c1cccc(C(=O)CC2CC2)c1. The first-order chi connectivity index (χ1) is 7.16. The number of anilines is 1. The predicted octanol–water partition coefficient (Wildman–Crippen LogP) is 2.74. The minimum Gasteiger partial charge on any atom is -0.378 e. The van der Waals surface area contributed by atoms with E-state index in [0.29, 0.717) is 11.7 Å². The van der Waals surface area contributed by atoms with E-state index in [-0.39, 0.29) is 0 Å². The van der Waals surface area contributed by atoms with Crippen LogP contribution in [0.4, 0.5) is 5.69 Å². The Labute approximate surface area is 90.9 Å². The minimum absolute atomic E-state index is 0.293. The van der Waals surface area contributed by atoms with Crippen molar-refractivity contribution in [1.29, 1.82) is 0 Å². The van der Waals surface area contributed by atoms with Crippen LogP contribution in [0.25, 0.3) is 0 Å². The van der Waals surface area contributed by atoms with Gasteiger partial charge in [0.2, 0.25) is 0 Å². The molecule has 0 radical (unpaired) electrons. The van der Waals surface area contributed by atoms with Crippen molar-refractivity contribution in [1.82, 2.24) is 0 Å². The van der Waals surface area contributed by atoms with Crippen molar-refractivity contribution in [3.05, 3.63) is 29.8 Å². The molecule has 1 aromatic carbocycles. The number of ketones is 1. The van der Waals surface area contributed by atoms with E-state index in [2.05, 4.69) is 0 Å². The van der Waals surface area contributed by atoms with Crippen LogP contribution >= 0.6 is 0 Å². The summed E-state index contributed by atoms with van der Waals surface area (Å²) in [6.07, 6.45) is 3.20. The second kappa shape index (κ2) is 4.05. The zero-order chi connectivity index (χ0) is 10.8. The van der Waals surface area contributed by atoms with Gasteiger partial charge >= 0.3 is 0 Å². The second-order valence-electron chi connectivity index (χ2n) is 4.52. The zero-order valence-corrected chi connectivity index (χ0v) is 9.36. The Hall–Kier alpha value is -1.31. The normalized spacial score (nSPS) is 15.1. The summed E-state index contributed by atoms with van der Waals surface area (Å²) in [6, 6.07) is 7.87. The van der Waals surface area contributed by atoms with Gasteiger partial charge in [-0.3, -0.25) is 4.79 Å². The van der Waals surface area contributed by atoms with Crippen molar-refractivity contribution in [2.45, 2.75) is 19.3 Å². The summed E-state index contributed by atoms with van der Waals surface area (Å²) in [5, 5.41) is 0. The summed E-state index contributed by atoms with van der Waals surface area (Å²) in [5.74, 6) is 0.960. The maximum atomic E-state index is 11.9. The third-order valence-corrected chi connectivity index (χ3v) is 2.86. The van der Waals surface area contributed by atoms with Gasteiger partial charge in [-0.2, -0.15) is 0 Å². The monoisotopic (exact) mass is 203 g/mol. The lowest BCUT2D eigenvalue weighted by Crippen LogP contribution is -2.09. The zero-order valence-electron chi connectivity index (χ0n) is 9.36. The van der Waals surface area contributed by atoms with Crippen LogP contribution < -0.4 is 4.90 Å². The molecule has 1 aromatic rings. The molecular formula is C13H17NO. The number of hydrogen-bond acceptors (Lipinski definition) is 2. The molecule has 0 unspecified atom stereocenters. The third-order valence-electron chi connectivity index (χ3n) is 2.86. The Morgan fingerprint density at radius 2 is 2.13 bits per heavy atom. The molecule has 0 heterocycles. The van der Waals surface area contributed by atoms with E-state index < -0.39 is 0 Å². The largest absolute Gasteiger partial charge is 0.378 e. The first-order valence-electron chi connectivity index (χ1n) is 5.47. The summed E-state index contributed by atoms with van der Waals surface area (Å²) in [7, 11) is 3.98. The van der Waals surface area contributed by atoms with Gasteiger partial charge in [0.25, 0.3) is 0 Å². The Kier molecular flexibility index (Phi) is 2.76. The quantitative estimate of drug-likeness (QED) is 0.701. The van der Waals surface area contributed by atoms with Gasteiger partial charge in [-0.05, 0) is 30.9 Å². The molecular weight excluding hydrogens is 186 g/mol. The highest BCUT2D eigenvalue weighted by molar-refractivity contribution is 5.97. The molecule has 0 amide bonds. The van der Waals surface area contributed by atoms with E-state index in [0.717, 1.165) is 17.7 Å². The van der Waals surface area contributed by atoms with Crippen LogP contribution in [0.15, 0.2) is 24.3 Å². The highest BCUT2D eigenvalue weighted by Crippen LogP contribution is 2.33. The molecule has 0 saturated heterocycles. The Morgan fingerprint density at radius 1 is 1.40 bits per heavy atom. The fourth-order valence-electron chi connectivity index (χ4n) is 1.66. The first kappa shape index (κ1) is 10.2. The van der Waals surface area contributed by atoms with Crippen LogP contribution in [0.5, 0.6) is 0 Å². The average molecular weight is 203 g/mol. The smallest absolute Gasteiger partial charge is 0.163 e. The number of benzene rings is 1. The van der Waals surface area contributed by atoms with Gasteiger partial charge in [0.05, 0.1) is 0 Å². The van der Waals surface area contributed by atoms with Crippen molar-refractivity contribution in [2.75, 3.05) is 19.0 Å². The van der Waals surface area contributed by atoms with Crippen molar-refractivity contribution < 1.29 is 4.79 Å². The average Bonchev–Trinajstić information content (AvgIpc) is 3.02. The Bertz CT molecular complexity index is 367. The molecule has 2 nitrogen and oxygen atoms in total. The molecule has 2 heteroatoms. The number of carbonyl (C=O) groups excluding carboxylic acids is 1. The van der Waals surface area contributed by atoms with Crippen LogP contribution in [0.3, 0.4) is 0 Å². The van der Waals surface area contributed by atoms with Gasteiger partial charge in [-0.25, -0.2) is 0 Å². The molecule has 15 heavy (non-hydrogen) atoms. The van der Waals surface area contributed by atoms with Crippen molar-refractivity contribution in [3.63, 3.8) is 0 Å². The molecule has 0 atom stereocenters. The summed E-state index contributed by atoms with van der Waals surface area (Å²) >= 11 is 0. The first-order valence-corrected chi connectivity index (χ1v) is 5.47. The highest BCUT2D eigenvalue weighted by Gasteiger charge is 2.24. The number of hydrogen-bond donors (Lipinski definition) is 0. The number of Topliss-reactive ketones (excluding diaryl/α,β-unsaturated/α-hetero) is 1. The summed E-state index contributed by atoms with van der Waals surface area (Å²) in [4.78, 5) is 13.9. The topological polar surface area (TPSA) is 20.3 Å². The molecule has 0 aliphatic heterocycles. The molecule has 1 aliphatic carbocycles. The Morgan fingerprint density at radius 3 is 2.73 bits per heavy atom. The van der Waals surface area contributed by atoms with Gasteiger partial charge in [0.15, 0.2) is 5.78 Å². The molecule has 2 rings (SSSR count). The fourth-order valence-corrected chi connectivity index (χ4v) is 1.66. The van der Waals surface area contributed by atoms with Gasteiger partial charge in [-0.1, -0.05) is 12.1 Å². The lowest BCUT2D eigenvalue weighted by atomic mass is 10.1. The minimum atomic E-state index is 0.293. The van der Waals surface area contributed by atoms with E-state index in [9.17, 15) is 4.79 Å². The second-order valence-corrected chi connectivity index (χ2v) is 4.52. The lowest BCUT2D eigenvalue weighted by Gasteiger charge is -2.13. The van der Waals surface area contributed by atoms with Gasteiger partial charge < -0.3 is 4.90 Å². The van der Waals surface area contributed by atoms with Gasteiger partial charge in [0, 0.05) is 31.8 Å². The molecule has 1 fully saturated rings. The molecule has 0 N–H and O–H groups in total. The predicted molar refractivity (Wildman–Crippen MR) is 62.4 cm³/mol. The van der Waals surface area contributed by atoms with Crippen molar-refractivity contribution in [3.8, 4) is 0 Å². The van der Waals surface area contributed by atoms with Crippen LogP contribution in [-0.2, 0) is 0 Å². The van der Waals surface area contributed by atoms with Gasteiger partial charge in [0.1, 0.15) is 0 Å². The summed E-state index contributed by atoms with van der Waals surface area (Å²) < 4.78 is 0. The van der Waals surface area contributed by atoms with Crippen LogP contribution in [-0.4, -0.2) is 19.9 Å². The van der Waals surface area contributed by atoms with E-state index >= 15 is 0 Å². The van der Waals surface area contributed by atoms with Gasteiger partial charge in [-0.15, -0.1) is 0 Å². The number of nitrogens with zero attached hydrogens (tertiary/aromatic N) is 1. The van der Waals surface area contributed by atoms with E-state index in [4.69, 9.17) is 0 Å². The maximum Gasteiger partial charge on any atom is 0.163 e. The fraction of sp³-hybridized carbons (Fsp3) is 0.462. The van der Waals surface area contributed by atoms with Crippen molar-refractivity contribution >= 4 is 11.5 Å². The molecule has 0 bridgehead atoms. The van der Waals surface area contributed by atoms with Crippen LogP contribution in [0.2, 0.25) is 0 Å². The standard InChI is InChI=1S/C13H17NO/c1-14(2)12-5-3-4-11(9-12)13(15)8-10-6-7-10/h3-5,9-10H,6-8H2,1-2H3. The molecule has 0 spiro atoms. The van der Waals surface area contributed by atoms with Crippen LogP contribution in [0.1, 0.15) is 29.6 Å².